The monoisotopic (exact) mass is 345 g/mol. The Morgan fingerprint density at radius 2 is 2.21 bits per heavy atom. The van der Waals surface area contributed by atoms with Crippen LogP contribution >= 0.6 is 0 Å². The van der Waals surface area contributed by atoms with Gasteiger partial charge in [0.25, 0.3) is 0 Å². The van der Waals surface area contributed by atoms with Crippen LogP contribution in [0.2, 0.25) is 0 Å². The number of carbonyl (C=O) groups is 1. The maximum atomic E-state index is 12.8. The van der Waals surface area contributed by atoms with E-state index >= 15 is 0 Å². The fraction of sp³-hybridized carbons (Fsp3) is 0.588. The number of methoxy groups -OCH3 is 1. The molecule has 0 saturated carbocycles. The third kappa shape index (κ3) is 4.95. The molecule has 0 radical (unpaired) electrons. The predicted octanol–water partition coefficient (Wildman–Crippen LogP) is 3.42. The summed E-state index contributed by atoms with van der Waals surface area (Å²) in [5.74, 6) is -0.0285. The van der Waals surface area contributed by atoms with Gasteiger partial charge in [0, 0.05) is 20.1 Å². The second-order valence-electron chi connectivity index (χ2n) is 5.91. The molecule has 24 heavy (non-hydrogen) atoms. The van der Waals surface area contributed by atoms with Gasteiger partial charge in [-0.2, -0.15) is 13.2 Å². The Bertz CT molecular complexity index is 562. The van der Waals surface area contributed by atoms with Crippen molar-refractivity contribution in [2.24, 2.45) is 0 Å². The zero-order chi connectivity index (χ0) is 17.7. The largest absolute Gasteiger partial charge is 0.416 e. The van der Waals surface area contributed by atoms with Gasteiger partial charge in [0.1, 0.15) is 6.10 Å². The van der Waals surface area contributed by atoms with Gasteiger partial charge in [0.2, 0.25) is 5.91 Å². The Balaban J connectivity index is 2.01. The summed E-state index contributed by atoms with van der Waals surface area (Å²) in [6.45, 7) is 2.92. The number of hydrogen-bond donors (Lipinski definition) is 0. The average Bonchev–Trinajstić information content (AvgIpc) is 2.58. The van der Waals surface area contributed by atoms with Crippen LogP contribution in [-0.2, 0) is 20.4 Å². The molecule has 2 atom stereocenters. The Morgan fingerprint density at radius 3 is 2.88 bits per heavy atom. The summed E-state index contributed by atoms with van der Waals surface area (Å²) in [6.07, 6.45) is -3.97. The molecule has 1 aliphatic heterocycles. The van der Waals surface area contributed by atoms with Crippen LogP contribution in [0.3, 0.4) is 0 Å². The van der Waals surface area contributed by atoms with Crippen LogP contribution < -0.4 is 0 Å². The van der Waals surface area contributed by atoms with E-state index in [1.807, 2.05) is 6.92 Å². The average molecular weight is 345 g/mol. The van der Waals surface area contributed by atoms with Crippen LogP contribution in [0.4, 0.5) is 13.2 Å². The maximum Gasteiger partial charge on any atom is 0.416 e. The van der Waals surface area contributed by atoms with E-state index in [9.17, 15) is 18.0 Å². The van der Waals surface area contributed by atoms with Crippen molar-refractivity contribution in [2.75, 3.05) is 26.8 Å². The topological polar surface area (TPSA) is 38.8 Å². The Kier molecular flexibility index (Phi) is 6.23. The highest BCUT2D eigenvalue weighted by Gasteiger charge is 2.32. The molecule has 134 valence electrons. The van der Waals surface area contributed by atoms with Crippen LogP contribution in [0, 0.1) is 0 Å². The molecule has 1 fully saturated rings. The predicted molar refractivity (Wildman–Crippen MR) is 82.4 cm³/mol. The fourth-order valence-electron chi connectivity index (χ4n) is 2.60. The third-order valence-electron chi connectivity index (χ3n) is 4.17. The zero-order valence-electron chi connectivity index (χ0n) is 13.8. The Hall–Kier alpha value is -1.60. The molecule has 0 aromatic heterocycles. The molecule has 0 spiro atoms. The van der Waals surface area contributed by atoms with Gasteiger partial charge in [-0.25, -0.2) is 0 Å². The second-order valence-corrected chi connectivity index (χ2v) is 5.91. The molecule has 0 N–H and O–H groups in total. The Labute approximate surface area is 139 Å². The SMILES string of the molecule is CO[C@H](C)CCC(=O)N1CCO[C@H](c2cccc(C(F)(F)F)c2)C1. The Morgan fingerprint density at radius 1 is 1.46 bits per heavy atom. The first-order valence-electron chi connectivity index (χ1n) is 7.90. The number of nitrogens with zero attached hydrogens (tertiary/aromatic N) is 1. The lowest BCUT2D eigenvalue weighted by molar-refractivity contribution is -0.140. The van der Waals surface area contributed by atoms with Crippen LogP contribution in [0.25, 0.3) is 0 Å². The minimum atomic E-state index is -4.39. The van der Waals surface area contributed by atoms with Crippen molar-refractivity contribution in [1.29, 1.82) is 0 Å². The smallest absolute Gasteiger partial charge is 0.382 e. The van der Waals surface area contributed by atoms with Crippen molar-refractivity contribution in [3.8, 4) is 0 Å². The molecule has 4 nitrogen and oxygen atoms in total. The molecule has 0 bridgehead atoms. The van der Waals surface area contributed by atoms with E-state index in [1.54, 1.807) is 18.1 Å². The van der Waals surface area contributed by atoms with Gasteiger partial charge in [-0.1, -0.05) is 12.1 Å². The number of alkyl halides is 3. The number of ether oxygens (including phenoxy) is 2. The summed E-state index contributed by atoms with van der Waals surface area (Å²) < 4.78 is 49.2. The highest BCUT2D eigenvalue weighted by Crippen LogP contribution is 2.32. The molecular formula is C17H22F3NO3. The molecular weight excluding hydrogens is 323 g/mol. The van der Waals surface area contributed by atoms with Crippen LogP contribution in [0.1, 0.15) is 37.0 Å². The zero-order valence-corrected chi connectivity index (χ0v) is 13.8. The summed E-state index contributed by atoms with van der Waals surface area (Å²) in [4.78, 5) is 13.9. The van der Waals surface area contributed by atoms with Gasteiger partial charge >= 0.3 is 6.18 Å². The maximum absolute atomic E-state index is 12.8. The van der Waals surface area contributed by atoms with E-state index in [-0.39, 0.29) is 18.6 Å². The minimum absolute atomic E-state index is 0.00532. The quantitative estimate of drug-likeness (QED) is 0.821. The van der Waals surface area contributed by atoms with E-state index in [2.05, 4.69) is 0 Å². The molecule has 0 aliphatic carbocycles. The van der Waals surface area contributed by atoms with E-state index < -0.39 is 17.8 Å². The van der Waals surface area contributed by atoms with Crippen molar-refractivity contribution in [2.45, 2.75) is 38.1 Å². The molecule has 1 aromatic rings. The summed E-state index contributed by atoms with van der Waals surface area (Å²) in [7, 11) is 1.59. The summed E-state index contributed by atoms with van der Waals surface area (Å²) in [5.41, 5.74) is -0.270. The molecule has 7 heteroatoms. The first-order chi connectivity index (χ1) is 11.3. The molecule has 0 unspecified atom stereocenters. The lowest BCUT2D eigenvalue weighted by Gasteiger charge is -2.33. The van der Waals surface area contributed by atoms with Crippen molar-refractivity contribution in [3.05, 3.63) is 35.4 Å². The van der Waals surface area contributed by atoms with Gasteiger partial charge in [0.15, 0.2) is 0 Å². The van der Waals surface area contributed by atoms with Crippen molar-refractivity contribution >= 4 is 5.91 Å². The number of halogens is 3. The van der Waals surface area contributed by atoms with Crippen molar-refractivity contribution in [3.63, 3.8) is 0 Å². The molecule has 1 aliphatic rings. The first-order valence-corrected chi connectivity index (χ1v) is 7.90. The number of carbonyl (C=O) groups excluding carboxylic acids is 1. The fourth-order valence-corrected chi connectivity index (χ4v) is 2.60. The normalized spacial score (nSPS) is 20.0. The van der Waals surface area contributed by atoms with E-state index in [0.717, 1.165) is 12.1 Å². The number of benzene rings is 1. The highest BCUT2D eigenvalue weighted by molar-refractivity contribution is 5.76. The molecule has 1 heterocycles. The van der Waals surface area contributed by atoms with Crippen molar-refractivity contribution in [1.82, 2.24) is 4.90 Å². The van der Waals surface area contributed by atoms with E-state index in [1.165, 1.54) is 6.07 Å². The van der Waals surface area contributed by atoms with Gasteiger partial charge in [-0.3, -0.25) is 4.79 Å². The van der Waals surface area contributed by atoms with Crippen LogP contribution in [0.15, 0.2) is 24.3 Å². The van der Waals surface area contributed by atoms with Gasteiger partial charge in [-0.15, -0.1) is 0 Å². The number of hydrogen-bond acceptors (Lipinski definition) is 3. The number of amides is 1. The summed E-state index contributed by atoms with van der Waals surface area (Å²) in [5, 5.41) is 0. The minimum Gasteiger partial charge on any atom is -0.382 e. The number of morpholine rings is 1. The first kappa shape index (κ1) is 18.7. The second kappa shape index (κ2) is 7.98. The van der Waals surface area contributed by atoms with E-state index in [4.69, 9.17) is 9.47 Å². The van der Waals surface area contributed by atoms with Crippen LogP contribution in [-0.4, -0.2) is 43.7 Å². The lowest BCUT2D eigenvalue weighted by atomic mass is 10.0. The lowest BCUT2D eigenvalue weighted by Crippen LogP contribution is -2.42. The number of rotatable bonds is 5. The molecule has 1 amide bonds. The van der Waals surface area contributed by atoms with Crippen molar-refractivity contribution < 1.29 is 27.4 Å². The summed E-state index contributed by atoms with van der Waals surface area (Å²) >= 11 is 0. The molecule has 1 aromatic carbocycles. The molecule has 1 saturated heterocycles. The van der Waals surface area contributed by atoms with Gasteiger partial charge < -0.3 is 14.4 Å². The molecule has 2 rings (SSSR count). The van der Waals surface area contributed by atoms with Gasteiger partial charge in [0.05, 0.1) is 24.8 Å². The summed E-state index contributed by atoms with van der Waals surface area (Å²) in [6, 6.07) is 5.08. The third-order valence-corrected chi connectivity index (χ3v) is 4.17. The van der Waals surface area contributed by atoms with Gasteiger partial charge in [-0.05, 0) is 31.0 Å². The highest BCUT2D eigenvalue weighted by atomic mass is 19.4. The standard InChI is InChI=1S/C17H22F3NO3/c1-12(23-2)6-7-16(22)21-8-9-24-15(11-21)13-4-3-5-14(10-13)17(18,19)20/h3-5,10,12,15H,6-9,11H2,1-2H3/t12-,15+/m1/s1. The van der Waals surface area contributed by atoms with Crippen LogP contribution in [0.5, 0.6) is 0 Å². The van der Waals surface area contributed by atoms with E-state index in [0.29, 0.717) is 31.6 Å².